The molecule has 0 radical (unpaired) electrons. The summed E-state index contributed by atoms with van der Waals surface area (Å²) in [5.41, 5.74) is 1.18. The highest BCUT2D eigenvalue weighted by atomic mass is 32.2. The molecule has 0 heterocycles. The van der Waals surface area contributed by atoms with E-state index in [4.69, 9.17) is 0 Å². The van der Waals surface area contributed by atoms with E-state index in [0.29, 0.717) is 11.3 Å². The van der Waals surface area contributed by atoms with Gasteiger partial charge in [-0.3, -0.25) is 4.72 Å². The Bertz CT molecular complexity index is 840. The molecule has 128 valence electrons. The van der Waals surface area contributed by atoms with Crippen LogP contribution in [0.3, 0.4) is 0 Å². The molecular weight excluding hydrogens is 333 g/mol. The maximum Gasteiger partial charge on any atom is 0.319 e. The zero-order valence-electron chi connectivity index (χ0n) is 13.2. The molecule has 3 N–H and O–H groups in total. The first-order valence-electron chi connectivity index (χ1n) is 7.14. The van der Waals surface area contributed by atoms with E-state index in [-0.39, 0.29) is 5.69 Å². The van der Waals surface area contributed by atoms with Crippen molar-refractivity contribution in [2.75, 3.05) is 16.3 Å². The molecule has 2 aromatic rings. The number of halogens is 1. The van der Waals surface area contributed by atoms with Gasteiger partial charge in [0.2, 0.25) is 10.0 Å². The second-order valence-corrected chi connectivity index (χ2v) is 7.05. The largest absolute Gasteiger partial charge is 0.331 e. The van der Waals surface area contributed by atoms with Crippen molar-refractivity contribution in [2.24, 2.45) is 0 Å². The number of amides is 2. The third-order valence-electron chi connectivity index (χ3n) is 3.16. The lowest BCUT2D eigenvalue weighted by Gasteiger charge is -2.16. The zero-order chi connectivity index (χ0) is 17.7. The molecule has 0 fully saturated rings. The number of carbonyl (C=O) groups is 1. The Balaban J connectivity index is 2.04. The van der Waals surface area contributed by atoms with Crippen LogP contribution in [-0.2, 0) is 10.0 Å². The van der Waals surface area contributed by atoms with E-state index in [2.05, 4.69) is 15.4 Å². The number of urea groups is 1. The van der Waals surface area contributed by atoms with Crippen LogP contribution in [0.15, 0.2) is 48.5 Å². The molecule has 6 nitrogen and oxygen atoms in total. The average Bonchev–Trinajstić information content (AvgIpc) is 2.48. The van der Waals surface area contributed by atoms with Crippen molar-refractivity contribution in [1.82, 2.24) is 5.32 Å². The van der Waals surface area contributed by atoms with Crippen molar-refractivity contribution < 1.29 is 17.6 Å². The van der Waals surface area contributed by atoms with E-state index in [1.54, 1.807) is 37.3 Å². The molecule has 0 aliphatic rings. The fourth-order valence-electron chi connectivity index (χ4n) is 2.09. The van der Waals surface area contributed by atoms with Gasteiger partial charge in [0, 0.05) is 5.69 Å². The first kappa shape index (κ1) is 17.7. The summed E-state index contributed by atoms with van der Waals surface area (Å²) < 4.78 is 38.4. The number of hydrogen-bond acceptors (Lipinski definition) is 3. The molecule has 0 spiro atoms. The predicted octanol–water partition coefficient (Wildman–Crippen LogP) is 3.08. The fraction of sp³-hybridized carbons (Fsp3) is 0.188. The van der Waals surface area contributed by atoms with Crippen LogP contribution < -0.4 is 15.4 Å². The van der Waals surface area contributed by atoms with Gasteiger partial charge in [0.1, 0.15) is 5.82 Å². The van der Waals surface area contributed by atoms with Gasteiger partial charge < -0.3 is 10.6 Å². The van der Waals surface area contributed by atoms with Crippen LogP contribution >= 0.6 is 0 Å². The van der Waals surface area contributed by atoms with Crippen molar-refractivity contribution in [2.45, 2.75) is 13.0 Å². The highest BCUT2D eigenvalue weighted by Gasteiger charge is 2.12. The Kier molecular flexibility index (Phi) is 5.40. The Morgan fingerprint density at radius 3 is 2.50 bits per heavy atom. The van der Waals surface area contributed by atoms with E-state index in [1.807, 2.05) is 0 Å². The minimum atomic E-state index is -3.38. The molecule has 1 unspecified atom stereocenters. The van der Waals surface area contributed by atoms with Gasteiger partial charge in [0.25, 0.3) is 0 Å². The normalized spacial score (nSPS) is 12.3. The van der Waals surface area contributed by atoms with Crippen molar-refractivity contribution in [3.8, 4) is 0 Å². The molecule has 0 saturated heterocycles. The third-order valence-corrected chi connectivity index (χ3v) is 3.77. The smallest absolute Gasteiger partial charge is 0.319 e. The highest BCUT2D eigenvalue weighted by molar-refractivity contribution is 7.92. The van der Waals surface area contributed by atoms with Gasteiger partial charge in [-0.25, -0.2) is 17.6 Å². The SMILES string of the molecule is CC(NC(=O)Nc1ccccc1F)c1cccc(NS(C)(=O)=O)c1. The van der Waals surface area contributed by atoms with Crippen LogP contribution in [0.2, 0.25) is 0 Å². The highest BCUT2D eigenvalue weighted by Crippen LogP contribution is 2.19. The lowest BCUT2D eigenvalue weighted by Crippen LogP contribution is -2.31. The Labute approximate surface area is 140 Å². The van der Waals surface area contributed by atoms with Crippen LogP contribution in [0.1, 0.15) is 18.5 Å². The van der Waals surface area contributed by atoms with Gasteiger partial charge in [-0.2, -0.15) is 0 Å². The number of nitrogens with one attached hydrogen (secondary N) is 3. The summed E-state index contributed by atoms with van der Waals surface area (Å²) in [7, 11) is -3.38. The first-order valence-corrected chi connectivity index (χ1v) is 9.03. The molecular formula is C16H18FN3O3S. The quantitative estimate of drug-likeness (QED) is 0.773. The lowest BCUT2D eigenvalue weighted by molar-refractivity contribution is 0.249. The summed E-state index contributed by atoms with van der Waals surface area (Å²) in [6.07, 6.45) is 1.06. The van der Waals surface area contributed by atoms with E-state index in [0.717, 1.165) is 6.26 Å². The number of benzene rings is 2. The molecule has 0 aromatic heterocycles. The molecule has 2 aromatic carbocycles. The number of sulfonamides is 1. The monoisotopic (exact) mass is 351 g/mol. The number of hydrogen-bond donors (Lipinski definition) is 3. The molecule has 0 saturated carbocycles. The summed E-state index contributed by atoms with van der Waals surface area (Å²) in [5, 5.41) is 5.10. The van der Waals surface area contributed by atoms with Gasteiger partial charge in [-0.1, -0.05) is 24.3 Å². The molecule has 2 amide bonds. The van der Waals surface area contributed by atoms with Crippen LogP contribution in [-0.4, -0.2) is 20.7 Å². The van der Waals surface area contributed by atoms with Crippen LogP contribution in [0, 0.1) is 5.82 Å². The fourth-order valence-corrected chi connectivity index (χ4v) is 2.64. The molecule has 8 heteroatoms. The maximum atomic E-state index is 13.5. The maximum absolute atomic E-state index is 13.5. The van der Waals surface area contributed by atoms with E-state index in [1.165, 1.54) is 18.2 Å². The minimum absolute atomic E-state index is 0.0784. The van der Waals surface area contributed by atoms with Crippen molar-refractivity contribution in [3.05, 3.63) is 59.9 Å². The third kappa shape index (κ3) is 5.24. The summed E-state index contributed by atoms with van der Waals surface area (Å²) in [6.45, 7) is 1.74. The Hall–Kier alpha value is -2.61. The standard InChI is InChI=1S/C16H18FN3O3S/c1-11(12-6-5-7-13(10-12)20-24(2,22)23)18-16(21)19-15-9-4-3-8-14(15)17/h3-11,20H,1-2H3,(H2,18,19,21). The Morgan fingerprint density at radius 2 is 1.83 bits per heavy atom. The first-order chi connectivity index (χ1) is 11.2. The van der Waals surface area contributed by atoms with Crippen LogP contribution in [0.4, 0.5) is 20.6 Å². The van der Waals surface area contributed by atoms with Gasteiger partial charge >= 0.3 is 6.03 Å². The summed E-state index contributed by atoms with van der Waals surface area (Å²) >= 11 is 0. The van der Waals surface area contributed by atoms with E-state index in [9.17, 15) is 17.6 Å². The van der Waals surface area contributed by atoms with Crippen molar-refractivity contribution in [3.63, 3.8) is 0 Å². The van der Waals surface area contributed by atoms with Crippen molar-refractivity contribution >= 4 is 27.4 Å². The predicted molar refractivity (Wildman–Crippen MR) is 91.9 cm³/mol. The van der Waals surface area contributed by atoms with Crippen molar-refractivity contribution in [1.29, 1.82) is 0 Å². The average molecular weight is 351 g/mol. The van der Waals surface area contributed by atoms with E-state index < -0.39 is 27.9 Å². The lowest BCUT2D eigenvalue weighted by atomic mass is 10.1. The molecule has 0 aliphatic heterocycles. The topological polar surface area (TPSA) is 87.3 Å². The minimum Gasteiger partial charge on any atom is -0.331 e. The van der Waals surface area contributed by atoms with Gasteiger partial charge in [-0.15, -0.1) is 0 Å². The number of carbonyl (C=O) groups excluding carboxylic acids is 1. The van der Waals surface area contributed by atoms with E-state index >= 15 is 0 Å². The molecule has 0 aliphatic carbocycles. The molecule has 0 bridgehead atoms. The number of rotatable bonds is 5. The summed E-state index contributed by atoms with van der Waals surface area (Å²) in [5.74, 6) is -0.528. The van der Waals surface area contributed by atoms with Crippen LogP contribution in [0.25, 0.3) is 0 Å². The van der Waals surface area contributed by atoms with Gasteiger partial charge in [-0.05, 0) is 36.8 Å². The second-order valence-electron chi connectivity index (χ2n) is 5.30. The second kappa shape index (κ2) is 7.31. The molecule has 2 rings (SSSR count). The zero-order valence-corrected chi connectivity index (χ0v) is 14.0. The molecule has 24 heavy (non-hydrogen) atoms. The number of anilines is 2. The summed E-state index contributed by atoms with van der Waals surface area (Å²) in [6, 6.07) is 11.5. The van der Waals surface area contributed by atoms with Gasteiger partial charge in [0.05, 0.1) is 18.0 Å². The van der Waals surface area contributed by atoms with Crippen LogP contribution in [0.5, 0.6) is 0 Å². The Morgan fingerprint density at radius 1 is 1.12 bits per heavy atom. The van der Waals surface area contributed by atoms with Gasteiger partial charge in [0.15, 0.2) is 0 Å². The summed E-state index contributed by atoms with van der Waals surface area (Å²) in [4.78, 5) is 12.0. The number of para-hydroxylation sites is 1. The molecule has 1 atom stereocenters.